The van der Waals surface area contributed by atoms with Crippen LogP contribution in [0.15, 0.2) is 60.8 Å². The first kappa shape index (κ1) is 22.3. The van der Waals surface area contributed by atoms with Crippen LogP contribution in [0.1, 0.15) is 11.4 Å². The lowest BCUT2D eigenvalue weighted by atomic mass is 10.2. The summed E-state index contributed by atoms with van der Waals surface area (Å²) in [7, 11) is 0. The van der Waals surface area contributed by atoms with Crippen LogP contribution >= 0.6 is 11.6 Å². The van der Waals surface area contributed by atoms with Crippen molar-refractivity contribution >= 4 is 34.5 Å². The summed E-state index contributed by atoms with van der Waals surface area (Å²) in [5, 5.41) is 3.55. The van der Waals surface area contributed by atoms with Crippen molar-refractivity contribution in [2.24, 2.45) is 0 Å². The maximum atomic E-state index is 13.5. The molecule has 174 valence electrons. The fourth-order valence-electron chi connectivity index (χ4n) is 4.16. The van der Waals surface area contributed by atoms with Crippen LogP contribution in [0.25, 0.3) is 16.9 Å². The first-order chi connectivity index (χ1) is 16.5. The Morgan fingerprint density at radius 2 is 1.85 bits per heavy atom. The maximum Gasteiger partial charge on any atom is 0.321 e. The molecule has 5 rings (SSSR count). The fourth-order valence-corrected chi connectivity index (χ4v) is 4.33. The smallest absolute Gasteiger partial charge is 0.321 e. The third-order valence-corrected chi connectivity index (χ3v) is 6.27. The van der Waals surface area contributed by atoms with Crippen LogP contribution in [0.4, 0.5) is 14.9 Å². The quantitative estimate of drug-likeness (QED) is 0.454. The SMILES string of the molecule is Cc1ccc(Cl)cc1NC(=O)N1CCN(Cc2nc3cccnc3n2-c2ccc(F)cc2)CC1. The Kier molecular flexibility index (Phi) is 6.17. The van der Waals surface area contributed by atoms with Gasteiger partial charge in [0.1, 0.15) is 17.2 Å². The monoisotopic (exact) mass is 478 g/mol. The summed E-state index contributed by atoms with van der Waals surface area (Å²) in [4.78, 5) is 26.1. The molecule has 2 aromatic heterocycles. The van der Waals surface area contributed by atoms with Crippen LogP contribution in [0.2, 0.25) is 5.02 Å². The topological polar surface area (TPSA) is 66.3 Å². The van der Waals surface area contributed by atoms with Gasteiger partial charge in [-0.3, -0.25) is 9.47 Å². The number of rotatable bonds is 4. The number of pyridine rings is 1. The Labute approximate surface area is 201 Å². The molecule has 34 heavy (non-hydrogen) atoms. The van der Waals surface area contributed by atoms with Gasteiger partial charge in [-0.2, -0.15) is 0 Å². The molecule has 0 bridgehead atoms. The van der Waals surface area contributed by atoms with Gasteiger partial charge in [0.2, 0.25) is 0 Å². The minimum atomic E-state index is -0.287. The number of hydrogen-bond donors (Lipinski definition) is 1. The molecule has 0 atom stereocenters. The van der Waals surface area contributed by atoms with Gasteiger partial charge in [0.05, 0.1) is 6.54 Å². The number of piperazine rings is 1. The van der Waals surface area contributed by atoms with E-state index in [-0.39, 0.29) is 11.8 Å². The van der Waals surface area contributed by atoms with E-state index in [1.54, 1.807) is 35.4 Å². The molecule has 2 amide bonds. The number of nitrogens with zero attached hydrogens (tertiary/aromatic N) is 5. The zero-order valence-corrected chi connectivity index (χ0v) is 19.5. The zero-order valence-electron chi connectivity index (χ0n) is 18.7. The largest absolute Gasteiger partial charge is 0.322 e. The van der Waals surface area contributed by atoms with Crippen molar-refractivity contribution in [1.82, 2.24) is 24.3 Å². The molecule has 7 nitrogen and oxygen atoms in total. The molecule has 1 aliphatic heterocycles. The summed E-state index contributed by atoms with van der Waals surface area (Å²) in [6.45, 7) is 5.15. The summed E-state index contributed by atoms with van der Waals surface area (Å²) < 4.78 is 15.5. The lowest BCUT2D eigenvalue weighted by Crippen LogP contribution is -2.49. The predicted octanol–water partition coefficient (Wildman–Crippen LogP) is 4.87. The van der Waals surface area contributed by atoms with Gasteiger partial charge in [-0.15, -0.1) is 0 Å². The summed E-state index contributed by atoms with van der Waals surface area (Å²) in [6.07, 6.45) is 1.73. The van der Waals surface area contributed by atoms with Crippen LogP contribution in [0.5, 0.6) is 0 Å². The molecular weight excluding hydrogens is 455 g/mol. The summed E-state index contributed by atoms with van der Waals surface area (Å²) >= 11 is 6.07. The number of aromatic nitrogens is 3. The number of urea groups is 1. The standard InChI is InChI=1S/C25H24ClFN6O/c1-17-4-5-18(26)15-22(17)30-25(34)32-13-11-31(12-14-32)16-23-29-21-3-2-10-28-24(21)33(23)20-8-6-19(27)7-9-20/h2-10,15H,11-14,16H2,1H3,(H,30,34). The van der Waals surface area contributed by atoms with E-state index in [1.807, 2.05) is 29.7 Å². The van der Waals surface area contributed by atoms with Gasteiger partial charge < -0.3 is 10.2 Å². The molecule has 1 fully saturated rings. The minimum Gasteiger partial charge on any atom is -0.322 e. The average molecular weight is 479 g/mol. The van der Waals surface area contributed by atoms with Gasteiger partial charge in [-0.25, -0.2) is 19.2 Å². The molecule has 1 saturated heterocycles. The van der Waals surface area contributed by atoms with E-state index in [4.69, 9.17) is 16.6 Å². The molecule has 0 saturated carbocycles. The molecule has 0 spiro atoms. The number of halogens is 2. The maximum absolute atomic E-state index is 13.5. The molecule has 2 aromatic carbocycles. The molecule has 0 unspecified atom stereocenters. The molecule has 0 aliphatic carbocycles. The van der Waals surface area contributed by atoms with E-state index in [9.17, 15) is 9.18 Å². The first-order valence-electron chi connectivity index (χ1n) is 11.1. The van der Waals surface area contributed by atoms with Gasteiger partial charge in [0, 0.05) is 48.8 Å². The summed E-state index contributed by atoms with van der Waals surface area (Å²) in [6, 6.07) is 15.4. The Morgan fingerprint density at radius 1 is 1.09 bits per heavy atom. The van der Waals surface area contributed by atoms with Gasteiger partial charge in [-0.05, 0) is 61.0 Å². The number of carbonyl (C=O) groups is 1. The molecular formula is C25H24ClFN6O. The molecule has 1 N–H and O–H groups in total. The number of benzene rings is 2. The second kappa shape index (κ2) is 9.40. The van der Waals surface area contributed by atoms with Crippen molar-refractivity contribution in [3.05, 3.63) is 83.0 Å². The van der Waals surface area contributed by atoms with Crippen molar-refractivity contribution in [2.75, 3.05) is 31.5 Å². The van der Waals surface area contributed by atoms with E-state index in [1.165, 1.54) is 12.1 Å². The predicted molar refractivity (Wildman–Crippen MR) is 131 cm³/mol. The Hall–Kier alpha value is -3.49. The first-order valence-corrected chi connectivity index (χ1v) is 11.5. The van der Waals surface area contributed by atoms with Crippen LogP contribution in [-0.4, -0.2) is 56.5 Å². The van der Waals surface area contributed by atoms with Crippen molar-refractivity contribution in [2.45, 2.75) is 13.5 Å². The number of anilines is 1. The number of aryl methyl sites for hydroxylation is 1. The highest BCUT2D eigenvalue weighted by Gasteiger charge is 2.24. The molecule has 0 radical (unpaired) electrons. The number of fused-ring (bicyclic) bond motifs is 1. The van der Waals surface area contributed by atoms with Gasteiger partial charge in [0.15, 0.2) is 5.65 Å². The fraction of sp³-hybridized carbons (Fsp3) is 0.240. The molecule has 1 aliphatic rings. The zero-order chi connectivity index (χ0) is 23.7. The van der Waals surface area contributed by atoms with Crippen molar-refractivity contribution in [3.8, 4) is 5.69 Å². The highest BCUT2D eigenvalue weighted by Crippen LogP contribution is 2.23. The van der Waals surface area contributed by atoms with E-state index < -0.39 is 0 Å². The van der Waals surface area contributed by atoms with Crippen LogP contribution in [0.3, 0.4) is 0 Å². The van der Waals surface area contributed by atoms with Crippen LogP contribution < -0.4 is 5.32 Å². The van der Waals surface area contributed by atoms with Gasteiger partial charge in [-0.1, -0.05) is 17.7 Å². The second-order valence-electron chi connectivity index (χ2n) is 8.34. The highest BCUT2D eigenvalue weighted by atomic mass is 35.5. The average Bonchev–Trinajstić information content (AvgIpc) is 3.20. The number of nitrogens with one attached hydrogen (secondary N) is 1. The summed E-state index contributed by atoms with van der Waals surface area (Å²) in [5.74, 6) is 0.540. The normalized spacial score (nSPS) is 14.5. The molecule has 9 heteroatoms. The van der Waals surface area contributed by atoms with Gasteiger partial charge in [0.25, 0.3) is 0 Å². The molecule has 4 aromatic rings. The summed E-state index contributed by atoms with van der Waals surface area (Å²) in [5.41, 5.74) is 4.02. The second-order valence-corrected chi connectivity index (χ2v) is 8.78. The number of amides is 2. The Morgan fingerprint density at radius 3 is 2.62 bits per heavy atom. The van der Waals surface area contributed by atoms with Crippen molar-refractivity contribution in [3.63, 3.8) is 0 Å². The lowest BCUT2D eigenvalue weighted by molar-refractivity contribution is 0.140. The van der Waals surface area contributed by atoms with E-state index in [0.29, 0.717) is 37.7 Å². The third-order valence-electron chi connectivity index (χ3n) is 6.04. The minimum absolute atomic E-state index is 0.132. The van der Waals surface area contributed by atoms with E-state index in [2.05, 4.69) is 15.2 Å². The van der Waals surface area contributed by atoms with E-state index >= 15 is 0 Å². The van der Waals surface area contributed by atoms with Crippen LogP contribution in [-0.2, 0) is 6.54 Å². The van der Waals surface area contributed by atoms with Crippen LogP contribution in [0, 0.1) is 12.7 Å². The van der Waals surface area contributed by atoms with Crippen molar-refractivity contribution < 1.29 is 9.18 Å². The van der Waals surface area contributed by atoms with Gasteiger partial charge >= 0.3 is 6.03 Å². The Balaban J connectivity index is 1.29. The third kappa shape index (κ3) is 4.60. The van der Waals surface area contributed by atoms with Crippen molar-refractivity contribution in [1.29, 1.82) is 0 Å². The Bertz CT molecular complexity index is 1330. The number of imidazole rings is 1. The molecule has 3 heterocycles. The lowest BCUT2D eigenvalue weighted by Gasteiger charge is -2.34. The highest BCUT2D eigenvalue weighted by molar-refractivity contribution is 6.31. The number of carbonyl (C=O) groups excluding carboxylic acids is 1. The number of hydrogen-bond acceptors (Lipinski definition) is 4. The van der Waals surface area contributed by atoms with E-state index in [0.717, 1.165) is 33.9 Å².